The summed E-state index contributed by atoms with van der Waals surface area (Å²) in [6, 6.07) is 33.8. The SMILES string of the molecule is CC[Si](CC)(CC)OC(C(=O)/C=C/c1ccccc1OCc1ccccc1)c1c(OC)ccc(OC)c1OCc1ccccc1. The number of carbonyl (C=O) groups excluding carboxylic acids is 1. The standard InChI is InChI=1S/C38H44O6Si/c1-6-45(7-2,8-3)44-37(32(39)24-23-31-21-15-16-22-33(31)42-27-29-17-11-9-12-18-29)36-34(40-4)25-26-35(41-5)38(36)43-28-30-19-13-10-14-20-30/h9-26,37H,6-8,27-28H2,1-5H3/b24-23+. The van der Waals surface area contributed by atoms with Crippen molar-refractivity contribution in [3.8, 4) is 23.0 Å². The predicted molar refractivity (Wildman–Crippen MR) is 183 cm³/mol. The Bertz CT molecular complexity index is 1520. The van der Waals surface area contributed by atoms with E-state index in [4.69, 9.17) is 23.4 Å². The summed E-state index contributed by atoms with van der Waals surface area (Å²) >= 11 is 0. The van der Waals surface area contributed by atoms with Gasteiger partial charge in [0.2, 0.25) is 0 Å². The molecule has 0 N–H and O–H groups in total. The molecule has 4 aromatic rings. The molecule has 0 fully saturated rings. The van der Waals surface area contributed by atoms with Crippen LogP contribution in [0.4, 0.5) is 0 Å². The molecule has 0 amide bonds. The molecular formula is C38H44O6Si. The summed E-state index contributed by atoms with van der Waals surface area (Å²) < 4.78 is 31.2. The van der Waals surface area contributed by atoms with E-state index in [1.165, 1.54) is 0 Å². The largest absolute Gasteiger partial charge is 0.496 e. The highest BCUT2D eigenvalue weighted by atomic mass is 28.4. The lowest BCUT2D eigenvalue weighted by Gasteiger charge is -2.33. The number of methoxy groups -OCH3 is 2. The summed E-state index contributed by atoms with van der Waals surface area (Å²) in [5, 5.41) is 0. The molecule has 0 bridgehead atoms. The number of para-hydroxylation sites is 1. The van der Waals surface area contributed by atoms with Crippen LogP contribution < -0.4 is 18.9 Å². The van der Waals surface area contributed by atoms with Gasteiger partial charge in [0, 0.05) is 5.56 Å². The molecule has 1 atom stereocenters. The van der Waals surface area contributed by atoms with E-state index < -0.39 is 14.4 Å². The molecular weight excluding hydrogens is 580 g/mol. The fourth-order valence-electron chi connectivity index (χ4n) is 5.28. The molecule has 0 spiro atoms. The van der Waals surface area contributed by atoms with Crippen molar-refractivity contribution in [2.75, 3.05) is 14.2 Å². The Labute approximate surface area is 268 Å². The highest BCUT2D eigenvalue weighted by molar-refractivity contribution is 6.73. The lowest BCUT2D eigenvalue weighted by molar-refractivity contribution is -0.121. The monoisotopic (exact) mass is 624 g/mol. The van der Waals surface area contributed by atoms with Crippen LogP contribution in [-0.4, -0.2) is 28.3 Å². The van der Waals surface area contributed by atoms with Crippen LogP contribution in [-0.2, 0) is 22.4 Å². The normalized spacial score (nSPS) is 12.1. The first kappa shape index (κ1) is 33.6. The first-order valence-electron chi connectivity index (χ1n) is 15.5. The first-order chi connectivity index (χ1) is 22.0. The van der Waals surface area contributed by atoms with E-state index in [1.807, 2.05) is 84.9 Å². The summed E-state index contributed by atoms with van der Waals surface area (Å²) in [5.41, 5.74) is 3.38. The van der Waals surface area contributed by atoms with Gasteiger partial charge in [-0.25, -0.2) is 0 Å². The van der Waals surface area contributed by atoms with Crippen molar-refractivity contribution in [2.24, 2.45) is 0 Å². The average molecular weight is 625 g/mol. The van der Waals surface area contributed by atoms with Crippen LogP contribution in [0.2, 0.25) is 18.1 Å². The van der Waals surface area contributed by atoms with Gasteiger partial charge in [-0.05, 0) is 59.6 Å². The van der Waals surface area contributed by atoms with Crippen LogP contribution in [0.1, 0.15) is 49.1 Å². The van der Waals surface area contributed by atoms with Gasteiger partial charge >= 0.3 is 0 Å². The molecule has 0 aliphatic heterocycles. The van der Waals surface area contributed by atoms with Gasteiger partial charge in [-0.2, -0.15) is 0 Å². The molecule has 6 nitrogen and oxygen atoms in total. The maximum Gasteiger partial charge on any atom is 0.193 e. The number of ketones is 1. The minimum Gasteiger partial charge on any atom is -0.496 e. The number of rotatable bonds is 17. The van der Waals surface area contributed by atoms with E-state index in [1.54, 1.807) is 38.5 Å². The lowest BCUT2D eigenvalue weighted by Crippen LogP contribution is -2.39. The van der Waals surface area contributed by atoms with Crippen LogP contribution in [0.15, 0.2) is 103 Å². The molecule has 0 radical (unpaired) electrons. The molecule has 236 valence electrons. The quantitative estimate of drug-likeness (QED) is 0.0862. The van der Waals surface area contributed by atoms with Crippen LogP contribution in [0.5, 0.6) is 23.0 Å². The second-order valence-electron chi connectivity index (χ2n) is 10.8. The Morgan fingerprint density at radius 1 is 0.667 bits per heavy atom. The maximum absolute atomic E-state index is 14.3. The Morgan fingerprint density at radius 2 is 1.20 bits per heavy atom. The number of hydrogen-bond acceptors (Lipinski definition) is 6. The van der Waals surface area contributed by atoms with Crippen LogP contribution in [0.3, 0.4) is 0 Å². The van der Waals surface area contributed by atoms with Gasteiger partial charge in [0.25, 0.3) is 0 Å². The molecule has 0 aromatic heterocycles. The Balaban J connectivity index is 1.74. The first-order valence-corrected chi connectivity index (χ1v) is 18.1. The van der Waals surface area contributed by atoms with Gasteiger partial charge in [0.05, 0.1) is 19.8 Å². The summed E-state index contributed by atoms with van der Waals surface area (Å²) in [6.07, 6.45) is 2.42. The van der Waals surface area contributed by atoms with Gasteiger partial charge in [-0.3, -0.25) is 4.79 Å². The zero-order valence-electron chi connectivity index (χ0n) is 27.0. The minimum atomic E-state index is -2.30. The molecule has 7 heteroatoms. The minimum absolute atomic E-state index is 0.212. The van der Waals surface area contributed by atoms with Crippen molar-refractivity contribution < 1.29 is 28.2 Å². The molecule has 0 aliphatic rings. The van der Waals surface area contributed by atoms with Gasteiger partial charge < -0.3 is 23.4 Å². The van der Waals surface area contributed by atoms with Crippen LogP contribution in [0.25, 0.3) is 6.08 Å². The topological polar surface area (TPSA) is 63.2 Å². The maximum atomic E-state index is 14.3. The van der Waals surface area contributed by atoms with Gasteiger partial charge in [-0.1, -0.05) is 99.6 Å². The summed E-state index contributed by atoms with van der Waals surface area (Å²) in [4.78, 5) is 14.3. The van der Waals surface area contributed by atoms with E-state index >= 15 is 0 Å². The molecule has 0 saturated carbocycles. The molecule has 1 unspecified atom stereocenters. The van der Waals surface area contributed by atoms with Crippen LogP contribution in [0, 0.1) is 0 Å². The van der Waals surface area contributed by atoms with E-state index in [0.717, 1.165) is 34.8 Å². The van der Waals surface area contributed by atoms with E-state index in [-0.39, 0.29) is 12.4 Å². The molecule has 4 rings (SSSR count). The summed E-state index contributed by atoms with van der Waals surface area (Å²) in [7, 11) is 0.883. The van der Waals surface area contributed by atoms with Gasteiger partial charge in [0.15, 0.2) is 25.6 Å². The fourth-order valence-corrected chi connectivity index (χ4v) is 8.01. The van der Waals surface area contributed by atoms with Crippen molar-refractivity contribution in [3.05, 3.63) is 125 Å². The van der Waals surface area contributed by atoms with Crippen molar-refractivity contribution in [1.29, 1.82) is 0 Å². The fraction of sp³-hybridized carbons (Fsp3) is 0.289. The second-order valence-corrected chi connectivity index (χ2v) is 15.5. The summed E-state index contributed by atoms with van der Waals surface area (Å²) in [6.45, 7) is 7.15. The highest BCUT2D eigenvalue weighted by Crippen LogP contribution is 2.45. The van der Waals surface area contributed by atoms with E-state index in [2.05, 4.69) is 20.8 Å². The number of hydrogen-bond donors (Lipinski definition) is 0. The molecule has 4 aromatic carbocycles. The van der Waals surface area contributed by atoms with E-state index in [9.17, 15) is 4.79 Å². The van der Waals surface area contributed by atoms with Gasteiger partial charge in [0.1, 0.15) is 30.8 Å². The highest BCUT2D eigenvalue weighted by Gasteiger charge is 2.38. The third kappa shape index (κ3) is 8.65. The van der Waals surface area contributed by atoms with E-state index in [0.29, 0.717) is 35.2 Å². The van der Waals surface area contributed by atoms with Crippen molar-refractivity contribution >= 4 is 20.2 Å². The molecule has 0 heterocycles. The number of carbonyl (C=O) groups is 1. The van der Waals surface area contributed by atoms with Crippen molar-refractivity contribution in [1.82, 2.24) is 0 Å². The van der Waals surface area contributed by atoms with Crippen LogP contribution >= 0.6 is 0 Å². The zero-order valence-corrected chi connectivity index (χ0v) is 28.0. The molecule has 0 saturated heterocycles. The predicted octanol–water partition coefficient (Wildman–Crippen LogP) is 9.21. The third-order valence-electron chi connectivity index (χ3n) is 8.19. The Kier molecular flexibility index (Phi) is 12.4. The number of benzene rings is 4. The summed E-state index contributed by atoms with van der Waals surface area (Å²) in [5.74, 6) is 1.92. The third-order valence-corrected chi connectivity index (χ3v) is 12.8. The smallest absolute Gasteiger partial charge is 0.193 e. The number of ether oxygens (including phenoxy) is 4. The molecule has 45 heavy (non-hydrogen) atoms. The average Bonchev–Trinajstić information content (AvgIpc) is 3.10. The van der Waals surface area contributed by atoms with Crippen molar-refractivity contribution in [3.63, 3.8) is 0 Å². The van der Waals surface area contributed by atoms with Gasteiger partial charge in [-0.15, -0.1) is 0 Å². The lowest BCUT2D eigenvalue weighted by atomic mass is 10.0. The zero-order chi connectivity index (χ0) is 32.1. The Morgan fingerprint density at radius 3 is 1.78 bits per heavy atom. The van der Waals surface area contributed by atoms with Crippen molar-refractivity contribution in [2.45, 2.75) is 58.2 Å². The molecule has 0 aliphatic carbocycles. The Hall–Kier alpha value is -4.33. The second kappa shape index (κ2) is 16.7.